The maximum Gasteiger partial charge on any atom is 0.255 e. The third-order valence-corrected chi connectivity index (χ3v) is 5.21. The van der Waals surface area contributed by atoms with Crippen LogP contribution in [-0.2, 0) is 4.79 Å². The van der Waals surface area contributed by atoms with Crippen molar-refractivity contribution in [2.24, 2.45) is 5.73 Å². The van der Waals surface area contributed by atoms with E-state index >= 15 is 0 Å². The van der Waals surface area contributed by atoms with Crippen LogP contribution >= 0.6 is 0 Å². The molecule has 154 valence electrons. The molecule has 4 aromatic rings. The Kier molecular flexibility index (Phi) is 5.33. The van der Waals surface area contributed by atoms with Crippen molar-refractivity contribution >= 4 is 22.9 Å². The summed E-state index contributed by atoms with van der Waals surface area (Å²) < 4.78 is 7.64. The second-order valence-corrected chi connectivity index (χ2v) is 7.31. The number of nitriles is 1. The number of rotatable bonds is 6. The van der Waals surface area contributed by atoms with E-state index in [1.54, 1.807) is 6.07 Å². The standard InChI is InChI=1S/C25H22N4O2/c1-16-8-7-9-17(2)24(16)28-25-23(19(14-26)20-11-5-6-13-29(20)25)18-10-3-4-12-21(18)31-15-22(27)30/h3-13,28H,15H2,1-2H3,(H2,27,30). The Balaban J connectivity index is 1.99. The number of nitrogens with one attached hydrogen (secondary N) is 1. The molecule has 0 bridgehead atoms. The highest BCUT2D eigenvalue weighted by Crippen LogP contribution is 2.42. The summed E-state index contributed by atoms with van der Waals surface area (Å²) in [6.07, 6.45) is 1.92. The molecule has 0 aliphatic rings. The van der Waals surface area contributed by atoms with E-state index in [2.05, 4.69) is 11.4 Å². The van der Waals surface area contributed by atoms with E-state index in [0.29, 0.717) is 22.4 Å². The zero-order valence-corrected chi connectivity index (χ0v) is 17.3. The Morgan fingerprint density at radius 2 is 1.77 bits per heavy atom. The maximum absolute atomic E-state index is 11.3. The SMILES string of the molecule is Cc1cccc(C)c1Nc1c(-c2ccccc2OCC(N)=O)c(C#N)c2ccccn12. The fourth-order valence-electron chi connectivity index (χ4n) is 3.78. The second-order valence-electron chi connectivity index (χ2n) is 7.31. The van der Waals surface area contributed by atoms with Crippen LogP contribution in [0.1, 0.15) is 16.7 Å². The molecule has 2 heterocycles. The molecule has 4 rings (SSSR count). The van der Waals surface area contributed by atoms with Crippen molar-refractivity contribution in [3.05, 3.63) is 83.6 Å². The average molecular weight is 410 g/mol. The number of hydrogen-bond donors (Lipinski definition) is 2. The monoisotopic (exact) mass is 410 g/mol. The van der Waals surface area contributed by atoms with Crippen molar-refractivity contribution in [2.75, 3.05) is 11.9 Å². The second kappa shape index (κ2) is 8.25. The fourth-order valence-corrected chi connectivity index (χ4v) is 3.78. The number of anilines is 2. The number of carbonyl (C=O) groups is 1. The molecule has 6 nitrogen and oxygen atoms in total. The molecule has 0 aliphatic heterocycles. The molecule has 1 amide bonds. The first-order valence-electron chi connectivity index (χ1n) is 9.88. The van der Waals surface area contributed by atoms with Gasteiger partial charge < -0.3 is 20.2 Å². The van der Waals surface area contributed by atoms with Gasteiger partial charge in [0.1, 0.15) is 17.6 Å². The highest BCUT2D eigenvalue weighted by molar-refractivity contribution is 5.94. The zero-order chi connectivity index (χ0) is 22.0. The minimum Gasteiger partial charge on any atom is -0.483 e. The molecule has 2 aromatic heterocycles. The van der Waals surface area contributed by atoms with Crippen molar-refractivity contribution in [1.82, 2.24) is 4.40 Å². The lowest BCUT2D eigenvalue weighted by molar-refractivity contribution is -0.119. The highest BCUT2D eigenvalue weighted by Gasteiger charge is 2.23. The van der Waals surface area contributed by atoms with Crippen LogP contribution in [0.15, 0.2) is 66.9 Å². The number of nitrogens with two attached hydrogens (primary N) is 1. The van der Waals surface area contributed by atoms with Crippen LogP contribution in [0.3, 0.4) is 0 Å². The molecule has 0 atom stereocenters. The lowest BCUT2D eigenvalue weighted by atomic mass is 10.0. The van der Waals surface area contributed by atoms with Crippen LogP contribution in [0.5, 0.6) is 5.75 Å². The predicted molar refractivity (Wildman–Crippen MR) is 121 cm³/mol. The summed E-state index contributed by atoms with van der Waals surface area (Å²) in [5.74, 6) is 0.671. The average Bonchev–Trinajstić information content (AvgIpc) is 3.08. The van der Waals surface area contributed by atoms with Gasteiger partial charge in [0.25, 0.3) is 5.91 Å². The minimum absolute atomic E-state index is 0.244. The Morgan fingerprint density at radius 3 is 2.48 bits per heavy atom. The number of aromatic nitrogens is 1. The van der Waals surface area contributed by atoms with Crippen LogP contribution in [-0.4, -0.2) is 16.9 Å². The summed E-state index contributed by atoms with van der Waals surface area (Å²) in [5.41, 5.74) is 11.1. The summed E-state index contributed by atoms with van der Waals surface area (Å²) in [4.78, 5) is 11.3. The summed E-state index contributed by atoms with van der Waals surface area (Å²) in [5, 5.41) is 13.6. The van der Waals surface area contributed by atoms with E-state index in [1.165, 1.54) is 0 Å². The number of hydrogen-bond acceptors (Lipinski definition) is 4. The number of nitrogens with zero attached hydrogens (tertiary/aromatic N) is 2. The van der Waals surface area contributed by atoms with E-state index < -0.39 is 5.91 Å². The molecule has 0 saturated carbocycles. The van der Waals surface area contributed by atoms with Crippen molar-refractivity contribution in [3.63, 3.8) is 0 Å². The number of ether oxygens (including phenoxy) is 1. The van der Waals surface area contributed by atoms with Gasteiger partial charge in [0, 0.05) is 23.0 Å². The van der Waals surface area contributed by atoms with Gasteiger partial charge in [-0.1, -0.05) is 42.5 Å². The molecule has 6 heteroatoms. The minimum atomic E-state index is -0.564. The normalized spacial score (nSPS) is 10.6. The van der Waals surface area contributed by atoms with Gasteiger partial charge in [-0.15, -0.1) is 0 Å². The number of aryl methyl sites for hydroxylation is 2. The smallest absolute Gasteiger partial charge is 0.255 e. The lowest BCUT2D eigenvalue weighted by Crippen LogP contribution is -2.20. The van der Waals surface area contributed by atoms with Gasteiger partial charge in [-0.05, 0) is 43.2 Å². The third-order valence-electron chi connectivity index (χ3n) is 5.21. The summed E-state index contributed by atoms with van der Waals surface area (Å²) in [6.45, 7) is 3.84. The number of fused-ring (bicyclic) bond motifs is 1. The van der Waals surface area contributed by atoms with Crippen LogP contribution in [0.4, 0.5) is 11.5 Å². The molecule has 3 N–H and O–H groups in total. The van der Waals surface area contributed by atoms with Crippen molar-refractivity contribution in [2.45, 2.75) is 13.8 Å². The predicted octanol–water partition coefficient (Wildman–Crippen LogP) is 4.70. The Hall–Kier alpha value is -4.24. The van der Waals surface area contributed by atoms with Gasteiger partial charge in [-0.3, -0.25) is 4.79 Å². The Morgan fingerprint density at radius 1 is 1.06 bits per heavy atom. The molecule has 0 fully saturated rings. The number of amides is 1. The van der Waals surface area contributed by atoms with Crippen LogP contribution in [0.25, 0.3) is 16.6 Å². The maximum atomic E-state index is 11.3. The summed E-state index contributed by atoms with van der Waals surface area (Å²) >= 11 is 0. The molecule has 0 spiro atoms. The fraction of sp³-hybridized carbons (Fsp3) is 0.120. The van der Waals surface area contributed by atoms with Crippen molar-refractivity contribution in [3.8, 4) is 22.9 Å². The van der Waals surface area contributed by atoms with E-state index in [4.69, 9.17) is 10.5 Å². The number of benzene rings is 2. The zero-order valence-electron chi connectivity index (χ0n) is 17.3. The van der Waals surface area contributed by atoms with Crippen LogP contribution in [0, 0.1) is 25.2 Å². The largest absolute Gasteiger partial charge is 0.483 e. The van der Waals surface area contributed by atoms with E-state index in [9.17, 15) is 10.1 Å². The number of para-hydroxylation sites is 2. The molecule has 31 heavy (non-hydrogen) atoms. The quantitative estimate of drug-likeness (QED) is 0.482. The first kappa shape index (κ1) is 20.0. The first-order valence-corrected chi connectivity index (χ1v) is 9.88. The summed E-state index contributed by atoms with van der Waals surface area (Å²) in [6, 6.07) is 21.5. The topological polar surface area (TPSA) is 92.5 Å². The van der Waals surface area contributed by atoms with Gasteiger partial charge in [-0.2, -0.15) is 5.26 Å². The molecule has 0 radical (unpaired) electrons. The molecule has 0 saturated heterocycles. The third kappa shape index (κ3) is 3.69. The molecular formula is C25H22N4O2. The van der Waals surface area contributed by atoms with Gasteiger partial charge in [-0.25, -0.2) is 0 Å². The number of carbonyl (C=O) groups excluding carboxylic acids is 1. The molecule has 0 unspecified atom stereocenters. The molecule has 0 aliphatic carbocycles. The van der Waals surface area contributed by atoms with Crippen molar-refractivity contribution in [1.29, 1.82) is 5.26 Å². The van der Waals surface area contributed by atoms with Gasteiger partial charge in [0.15, 0.2) is 6.61 Å². The van der Waals surface area contributed by atoms with E-state index in [1.807, 2.05) is 79.0 Å². The molecular weight excluding hydrogens is 388 g/mol. The first-order chi connectivity index (χ1) is 15.0. The Labute approximate surface area is 180 Å². The van der Waals surface area contributed by atoms with Gasteiger partial charge >= 0.3 is 0 Å². The van der Waals surface area contributed by atoms with Crippen LogP contribution in [0.2, 0.25) is 0 Å². The Bertz CT molecular complexity index is 1310. The van der Waals surface area contributed by atoms with Gasteiger partial charge in [0.2, 0.25) is 0 Å². The summed E-state index contributed by atoms with van der Waals surface area (Å²) in [7, 11) is 0. The van der Waals surface area contributed by atoms with Crippen LogP contribution < -0.4 is 15.8 Å². The van der Waals surface area contributed by atoms with Crippen molar-refractivity contribution < 1.29 is 9.53 Å². The highest BCUT2D eigenvalue weighted by atomic mass is 16.5. The lowest BCUT2D eigenvalue weighted by Gasteiger charge is -2.16. The molecule has 2 aromatic carbocycles. The van der Waals surface area contributed by atoms with E-state index in [0.717, 1.165) is 28.1 Å². The van der Waals surface area contributed by atoms with E-state index in [-0.39, 0.29) is 6.61 Å². The van der Waals surface area contributed by atoms with Gasteiger partial charge in [0.05, 0.1) is 11.1 Å². The number of primary amides is 1. The number of pyridine rings is 1.